The monoisotopic (exact) mass is 244 g/mol. The normalized spacial score (nSPS) is 12.5. The Balaban J connectivity index is 2.58. The van der Waals surface area contributed by atoms with Crippen molar-refractivity contribution in [3.05, 3.63) is 22.8 Å². The Bertz CT molecular complexity index is 268. The fourth-order valence-electron chi connectivity index (χ4n) is 0.978. The van der Waals surface area contributed by atoms with Crippen LogP contribution in [-0.2, 0) is 0 Å². The van der Waals surface area contributed by atoms with Crippen LogP contribution in [0.5, 0.6) is 5.88 Å². The summed E-state index contributed by atoms with van der Waals surface area (Å²) >= 11 is 3.37. The van der Waals surface area contributed by atoms with Crippen molar-refractivity contribution >= 4 is 15.9 Å². The highest BCUT2D eigenvalue weighted by atomic mass is 79.9. The van der Waals surface area contributed by atoms with Crippen molar-refractivity contribution in [3.8, 4) is 5.88 Å². The number of aromatic nitrogens is 1. The van der Waals surface area contributed by atoms with Crippen molar-refractivity contribution in [1.29, 1.82) is 0 Å². The van der Waals surface area contributed by atoms with Crippen molar-refractivity contribution < 1.29 is 4.74 Å². The molecule has 0 aliphatic rings. The van der Waals surface area contributed by atoms with Gasteiger partial charge >= 0.3 is 0 Å². The molecule has 0 spiro atoms. The van der Waals surface area contributed by atoms with Gasteiger partial charge in [-0.2, -0.15) is 0 Å². The third-order valence-electron chi connectivity index (χ3n) is 1.53. The van der Waals surface area contributed by atoms with Crippen LogP contribution in [0.25, 0.3) is 0 Å². The summed E-state index contributed by atoms with van der Waals surface area (Å²) in [5.74, 6) is 0.644. The van der Waals surface area contributed by atoms with E-state index in [4.69, 9.17) is 4.74 Å². The van der Waals surface area contributed by atoms with E-state index in [0.717, 1.165) is 11.0 Å². The van der Waals surface area contributed by atoms with E-state index in [1.165, 1.54) is 0 Å². The average Bonchev–Trinajstić information content (AvgIpc) is 2.09. The van der Waals surface area contributed by atoms with Gasteiger partial charge in [0.2, 0.25) is 5.88 Å². The Morgan fingerprint density at radius 2 is 2.46 bits per heavy atom. The van der Waals surface area contributed by atoms with Gasteiger partial charge < -0.3 is 10.1 Å². The Hall–Kier alpha value is -0.610. The van der Waals surface area contributed by atoms with Gasteiger partial charge in [-0.1, -0.05) is 0 Å². The SMILES string of the molecule is CNCC(C)Oc1ncccc1Br. The van der Waals surface area contributed by atoms with Gasteiger partial charge in [0.05, 0.1) is 4.47 Å². The lowest BCUT2D eigenvalue weighted by molar-refractivity contribution is 0.210. The van der Waals surface area contributed by atoms with Crippen LogP contribution in [-0.4, -0.2) is 24.7 Å². The molecule has 1 atom stereocenters. The molecule has 1 unspecified atom stereocenters. The number of nitrogens with zero attached hydrogens (tertiary/aromatic N) is 1. The fourth-order valence-corrected chi connectivity index (χ4v) is 1.33. The maximum atomic E-state index is 5.57. The standard InChI is InChI=1S/C9H13BrN2O/c1-7(6-11-2)13-9-8(10)4-3-5-12-9/h3-5,7,11H,6H2,1-2H3. The number of likely N-dealkylation sites (N-methyl/N-ethyl adjacent to an activating group) is 1. The van der Waals surface area contributed by atoms with Crippen molar-refractivity contribution in [1.82, 2.24) is 10.3 Å². The van der Waals surface area contributed by atoms with Gasteiger partial charge in [0.25, 0.3) is 0 Å². The highest BCUT2D eigenvalue weighted by molar-refractivity contribution is 9.10. The van der Waals surface area contributed by atoms with Crippen molar-refractivity contribution in [2.24, 2.45) is 0 Å². The maximum Gasteiger partial charge on any atom is 0.228 e. The first-order valence-electron chi connectivity index (χ1n) is 4.16. The second-order valence-corrected chi connectivity index (χ2v) is 3.63. The summed E-state index contributed by atoms with van der Waals surface area (Å²) in [6.45, 7) is 2.81. The molecule has 0 fully saturated rings. The summed E-state index contributed by atoms with van der Waals surface area (Å²) in [6, 6.07) is 3.77. The van der Waals surface area contributed by atoms with E-state index in [-0.39, 0.29) is 6.10 Å². The molecule has 1 heterocycles. The van der Waals surface area contributed by atoms with Gasteiger partial charge in [0.1, 0.15) is 6.10 Å². The number of halogens is 1. The van der Waals surface area contributed by atoms with Crippen LogP contribution in [0.2, 0.25) is 0 Å². The van der Waals surface area contributed by atoms with Crippen LogP contribution in [0.15, 0.2) is 22.8 Å². The van der Waals surface area contributed by atoms with Gasteiger partial charge in [0, 0.05) is 12.7 Å². The molecule has 0 saturated heterocycles. The molecular formula is C9H13BrN2O. The van der Waals surface area contributed by atoms with Crippen LogP contribution in [0.3, 0.4) is 0 Å². The molecule has 1 aromatic heterocycles. The molecule has 1 aromatic rings. The average molecular weight is 245 g/mol. The summed E-state index contributed by atoms with van der Waals surface area (Å²) < 4.78 is 6.45. The first kappa shape index (κ1) is 10.5. The molecule has 0 radical (unpaired) electrons. The van der Waals surface area contributed by atoms with E-state index in [1.54, 1.807) is 6.20 Å². The Morgan fingerprint density at radius 1 is 1.69 bits per heavy atom. The van der Waals surface area contributed by atoms with Crippen molar-refractivity contribution in [2.75, 3.05) is 13.6 Å². The molecule has 72 valence electrons. The van der Waals surface area contributed by atoms with E-state index in [9.17, 15) is 0 Å². The Kier molecular flexibility index (Phi) is 4.18. The zero-order chi connectivity index (χ0) is 9.68. The fraction of sp³-hybridized carbons (Fsp3) is 0.444. The Labute approximate surface area is 86.6 Å². The molecule has 1 N–H and O–H groups in total. The van der Waals surface area contributed by atoms with E-state index in [0.29, 0.717) is 5.88 Å². The highest BCUT2D eigenvalue weighted by Crippen LogP contribution is 2.21. The van der Waals surface area contributed by atoms with Gasteiger partial charge in [-0.15, -0.1) is 0 Å². The van der Waals surface area contributed by atoms with Crippen molar-refractivity contribution in [2.45, 2.75) is 13.0 Å². The highest BCUT2D eigenvalue weighted by Gasteiger charge is 2.06. The molecule has 0 aliphatic carbocycles. The van der Waals surface area contributed by atoms with Crippen LogP contribution in [0.1, 0.15) is 6.92 Å². The molecule has 13 heavy (non-hydrogen) atoms. The molecule has 4 heteroatoms. The summed E-state index contributed by atoms with van der Waals surface area (Å²) in [7, 11) is 1.90. The molecule has 0 bridgehead atoms. The van der Waals surface area contributed by atoms with E-state index >= 15 is 0 Å². The van der Waals surface area contributed by atoms with Crippen LogP contribution < -0.4 is 10.1 Å². The third kappa shape index (κ3) is 3.32. The molecule has 1 rings (SSSR count). The Morgan fingerprint density at radius 3 is 3.08 bits per heavy atom. The van der Waals surface area contributed by atoms with Gasteiger partial charge in [-0.3, -0.25) is 0 Å². The van der Waals surface area contributed by atoms with Gasteiger partial charge in [-0.25, -0.2) is 4.98 Å². The van der Waals surface area contributed by atoms with E-state index in [1.807, 2.05) is 26.1 Å². The van der Waals surface area contributed by atoms with Crippen LogP contribution >= 0.6 is 15.9 Å². The van der Waals surface area contributed by atoms with Crippen molar-refractivity contribution in [3.63, 3.8) is 0 Å². The number of hydrogen-bond donors (Lipinski definition) is 1. The summed E-state index contributed by atoms with van der Waals surface area (Å²) in [5.41, 5.74) is 0. The van der Waals surface area contributed by atoms with E-state index in [2.05, 4.69) is 26.2 Å². The summed E-state index contributed by atoms with van der Waals surface area (Å²) in [4.78, 5) is 4.10. The van der Waals surface area contributed by atoms with Gasteiger partial charge in [0.15, 0.2) is 0 Å². The number of rotatable bonds is 4. The number of nitrogens with one attached hydrogen (secondary N) is 1. The molecule has 0 aromatic carbocycles. The molecule has 0 saturated carbocycles. The smallest absolute Gasteiger partial charge is 0.228 e. The molecule has 0 aliphatic heterocycles. The minimum absolute atomic E-state index is 0.121. The first-order chi connectivity index (χ1) is 6.24. The molecule has 0 amide bonds. The summed E-state index contributed by atoms with van der Waals surface area (Å²) in [5, 5.41) is 3.04. The lowest BCUT2D eigenvalue weighted by Gasteiger charge is -2.13. The second-order valence-electron chi connectivity index (χ2n) is 2.78. The number of pyridine rings is 1. The second kappa shape index (κ2) is 5.19. The topological polar surface area (TPSA) is 34.1 Å². The minimum atomic E-state index is 0.121. The van der Waals surface area contributed by atoms with E-state index < -0.39 is 0 Å². The largest absolute Gasteiger partial charge is 0.472 e. The predicted octanol–water partition coefficient (Wildman–Crippen LogP) is 1.83. The van der Waals surface area contributed by atoms with Crippen LogP contribution in [0, 0.1) is 0 Å². The first-order valence-corrected chi connectivity index (χ1v) is 4.95. The molecule has 3 nitrogen and oxygen atoms in total. The quantitative estimate of drug-likeness (QED) is 0.878. The zero-order valence-corrected chi connectivity index (χ0v) is 9.34. The minimum Gasteiger partial charge on any atom is -0.472 e. The predicted molar refractivity (Wildman–Crippen MR) is 56.0 cm³/mol. The number of ether oxygens (including phenoxy) is 1. The van der Waals surface area contributed by atoms with Crippen LogP contribution in [0.4, 0.5) is 0 Å². The lowest BCUT2D eigenvalue weighted by atomic mass is 10.4. The number of hydrogen-bond acceptors (Lipinski definition) is 3. The third-order valence-corrected chi connectivity index (χ3v) is 2.13. The molecular weight excluding hydrogens is 232 g/mol. The van der Waals surface area contributed by atoms with Gasteiger partial charge in [-0.05, 0) is 42.0 Å². The maximum absolute atomic E-state index is 5.57. The summed E-state index contributed by atoms with van der Waals surface area (Å²) in [6.07, 6.45) is 1.84. The zero-order valence-electron chi connectivity index (χ0n) is 7.75. The lowest BCUT2D eigenvalue weighted by Crippen LogP contribution is -2.26.